The summed E-state index contributed by atoms with van der Waals surface area (Å²) in [6.45, 7) is 8.38. The van der Waals surface area contributed by atoms with E-state index in [2.05, 4.69) is 238 Å². The molecule has 7 heterocycles. The first-order chi connectivity index (χ1) is 37.1. The highest BCUT2D eigenvalue weighted by atomic mass is 79.9. The zero-order valence-corrected chi connectivity index (χ0v) is 44.0. The summed E-state index contributed by atoms with van der Waals surface area (Å²) in [7, 11) is -0.415. The second-order valence-electron chi connectivity index (χ2n) is 20.3. The Hall–Kier alpha value is -8.54. The summed E-state index contributed by atoms with van der Waals surface area (Å²) >= 11 is 3.25. The van der Waals surface area contributed by atoms with E-state index in [0.717, 1.165) is 81.6 Å². The Morgan fingerprint density at radius 1 is 0.382 bits per heavy atom. The standard InChI is InChI=1S/C31H27BN2O2.C30H19N3.C5H4BrN/c1-30(2)31(3,4)36-32(35-30)22-15-17-27-25(19-22)24-18-21(20-10-6-5-7-11-20)14-16-23(24)29-33-26-12-8-9-13-28(26)34(27)29;1-2-7-20(8-3-1)21-12-14-24-25(17-21)26-18-22(23-9-6-16-31-19-23)13-15-28(26)33-29-11-5-4-10-27(29)32-30(24)33;6-5-2-1-3-7-4-5/h5-19H,1-4H3;1-19H;1-4H. The molecule has 1 aliphatic rings. The van der Waals surface area contributed by atoms with Gasteiger partial charge in [-0.2, -0.15) is 0 Å². The summed E-state index contributed by atoms with van der Waals surface area (Å²) < 4.78 is 18.4. The number of rotatable bonds is 4. The number of pyridine rings is 4. The van der Waals surface area contributed by atoms with Gasteiger partial charge in [0.15, 0.2) is 0 Å². The summed E-state index contributed by atoms with van der Waals surface area (Å²) in [5, 5.41) is 7.03. The molecule has 14 aromatic rings. The molecule has 0 bridgehead atoms. The molecular formula is C66H50BBrN6O2. The highest BCUT2D eigenvalue weighted by Gasteiger charge is 2.51. The summed E-state index contributed by atoms with van der Waals surface area (Å²) in [4.78, 5) is 18.2. The predicted molar refractivity (Wildman–Crippen MR) is 317 cm³/mol. The Balaban J connectivity index is 0.000000129. The van der Waals surface area contributed by atoms with Crippen LogP contribution < -0.4 is 5.46 Å². The van der Waals surface area contributed by atoms with E-state index >= 15 is 0 Å². The SMILES string of the molecule is Brc1cccnc1.CC1(C)OB(c2ccc3c(c2)c2cc(-c4ccccc4)ccc2c2nc4ccccc4n32)OC1(C)C.c1ccc(-c2ccc3c(c2)c2cc(-c4cccnc4)ccc2n2c4ccccc4nc32)cc1. The average molecular weight is 1050 g/mol. The molecule has 366 valence electrons. The van der Waals surface area contributed by atoms with Crippen LogP contribution in [0.2, 0.25) is 0 Å². The van der Waals surface area contributed by atoms with E-state index in [1.54, 1.807) is 12.4 Å². The zero-order chi connectivity index (χ0) is 51.5. The molecule has 6 aromatic heterocycles. The average Bonchev–Trinajstić information content (AvgIpc) is 4.16. The van der Waals surface area contributed by atoms with Gasteiger partial charge in [-0.1, -0.05) is 121 Å². The van der Waals surface area contributed by atoms with Gasteiger partial charge in [0.1, 0.15) is 11.3 Å². The van der Waals surface area contributed by atoms with Crippen molar-refractivity contribution in [2.75, 3.05) is 0 Å². The predicted octanol–water partition coefficient (Wildman–Crippen LogP) is 16.1. The van der Waals surface area contributed by atoms with Crippen molar-refractivity contribution >= 4 is 105 Å². The first-order valence-corrected chi connectivity index (χ1v) is 26.3. The van der Waals surface area contributed by atoms with Crippen LogP contribution in [0.15, 0.2) is 236 Å². The third-order valence-corrected chi connectivity index (χ3v) is 15.6. The van der Waals surface area contributed by atoms with Crippen molar-refractivity contribution in [2.24, 2.45) is 0 Å². The van der Waals surface area contributed by atoms with Gasteiger partial charge in [0.25, 0.3) is 0 Å². The van der Waals surface area contributed by atoms with Crippen molar-refractivity contribution in [1.82, 2.24) is 28.7 Å². The van der Waals surface area contributed by atoms with Crippen LogP contribution in [0.25, 0.3) is 110 Å². The van der Waals surface area contributed by atoms with Crippen LogP contribution in [0.5, 0.6) is 0 Å². The third kappa shape index (κ3) is 8.35. The molecule has 76 heavy (non-hydrogen) atoms. The minimum atomic E-state index is -0.415. The molecule has 0 atom stereocenters. The minimum Gasteiger partial charge on any atom is -0.399 e. The smallest absolute Gasteiger partial charge is 0.399 e. The quantitative estimate of drug-likeness (QED) is 0.129. The molecule has 10 heteroatoms. The van der Waals surface area contributed by atoms with E-state index in [4.69, 9.17) is 19.3 Å². The van der Waals surface area contributed by atoms with Crippen molar-refractivity contribution < 1.29 is 9.31 Å². The Morgan fingerprint density at radius 3 is 1.33 bits per heavy atom. The molecule has 8 nitrogen and oxygen atoms in total. The normalized spacial score (nSPS) is 13.9. The summed E-state index contributed by atoms with van der Waals surface area (Å²) in [6.07, 6.45) is 7.22. The molecule has 1 fully saturated rings. The van der Waals surface area contributed by atoms with Crippen molar-refractivity contribution in [3.63, 3.8) is 0 Å². The number of imidazole rings is 2. The molecule has 0 amide bonds. The lowest BCUT2D eigenvalue weighted by Crippen LogP contribution is -2.41. The van der Waals surface area contributed by atoms with Crippen LogP contribution >= 0.6 is 15.9 Å². The fourth-order valence-corrected chi connectivity index (χ4v) is 10.8. The first kappa shape index (κ1) is 47.2. The van der Waals surface area contributed by atoms with Crippen molar-refractivity contribution in [2.45, 2.75) is 38.9 Å². The van der Waals surface area contributed by atoms with Gasteiger partial charge >= 0.3 is 7.12 Å². The van der Waals surface area contributed by atoms with Crippen LogP contribution in [-0.4, -0.2) is 47.1 Å². The molecule has 8 aromatic carbocycles. The van der Waals surface area contributed by atoms with Gasteiger partial charge in [0, 0.05) is 56.4 Å². The number of fused-ring (bicyclic) bond motifs is 16. The first-order valence-electron chi connectivity index (χ1n) is 25.5. The maximum absolute atomic E-state index is 6.41. The van der Waals surface area contributed by atoms with E-state index in [1.807, 2.05) is 42.7 Å². The monoisotopic (exact) mass is 1050 g/mol. The number of aromatic nitrogens is 6. The topological polar surface area (TPSA) is 78.8 Å². The number of halogens is 1. The van der Waals surface area contributed by atoms with Crippen LogP contribution in [0, 0.1) is 0 Å². The molecule has 0 N–H and O–H groups in total. The highest BCUT2D eigenvalue weighted by molar-refractivity contribution is 9.10. The van der Waals surface area contributed by atoms with Gasteiger partial charge in [-0.15, -0.1) is 0 Å². The Bertz CT molecular complexity index is 4470. The van der Waals surface area contributed by atoms with Crippen LogP contribution in [0.3, 0.4) is 0 Å². The molecule has 0 saturated carbocycles. The number of hydrogen-bond donors (Lipinski definition) is 0. The molecule has 0 unspecified atom stereocenters. The van der Waals surface area contributed by atoms with Gasteiger partial charge in [-0.25, -0.2) is 9.97 Å². The van der Waals surface area contributed by atoms with Crippen molar-refractivity contribution in [1.29, 1.82) is 0 Å². The highest BCUT2D eigenvalue weighted by Crippen LogP contribution is 2.40. The number of para-hydroxylation sites is 4. The maximum Gasteiger partial charge on any atom is 0.494 e. The second-order valence-corrected chi connectivity index (χ2v) is 21.2. The van der Waals surface area contributed by atoms with Crippen LogP contribution in [-0.2, 0) is 9.31 Å². The van der Waals surface area contributed by atoms with Gasteiger partial charge in [-0.05, 0) is 173 Å². The van der Waals surface area contributed by atoms with E-state index in [-0.39, 0.29) is 11.2 Å². The number of benzene rings is 8. The van der Waals surface area contributed by atoms with Gasteiger partial charge in [0.05, 0.1) is 44.3 Å². The zero-order valence-electron chi connectivity index (χ0n) is 42.4. The molecule has 0 radical (unpaired) electrons. The summed E-state index contributed by atoms with van der Waals surface area (Å²) in [5.41, 5.74) is 15.8. The largest absolute Gasteiger partial charge is 0.494 e. The van der Waals surface area contributed by atoms with Crippen LogP contribution in [0.1, 0.15) is 27.7 Å². The lowest BCUT2D eigenvalue weighted by molar-refractivity contribution is 0.00578. The second kappa shape index (κ2) is 19.0. The lowest BCUT2D eigenvalue weighted by atomic mass is 9.78. The molecule has 15 rings (SSSR count). The van der Waals surface area contributed by atoms with Gasteiger partial charge in [-0.3, -0.25) is 18.8 Å². The van der Waals surface area contributed by atoms with E-state index < -0.39 is 7.12 Å². The molecule has 0 aliphatic carbocycles. The fraction of sp³-hybridized carbons (Fsp3) is 0.0909. The van der Waals surface area contributed by atoms with Gasteiger partial charge in [0.2, 0.25) is 0 Å². The summed E-state index contributed by atoms with van der Waals surface area (Å²) in [6, 6.07) is 72.3. The molecule has 0 spiro atoms. The van der Waals surface area contributed by atoms with Gasteiger partial charge < -0.3 is 9.31 Å². The fourth-order valence-electron chi connectivity index (χ4n) is 10.5. The Morgan fingerprint density at radius 2 is 0.829 bits per heavy atom. The number of nitrogens with zero attached hydrogens (tertiary/aromatic N) is 6. The Labute approximate surface area is 448 Å². The van der Waals surface area contributed by atoms with Crippen molar-refractivity contribution in [3.05, 3.63) is 236 Å². The number of hydrogen-bond acceptors (Lipinski definition) is 6. The summed E-state index contributed by atoms with van der Waals surface area (Å²) in [5.74, 6) is 0. The minimum absolute atomic E-state index is 0.389. The molecule has 1 aliphatic heterocycles. The van der Waals surface area contributed by atoms with Crippen LogP contribution in [0.4, 0.5) is 0 Å². The van der Waals surface area contributed by atoms with E-state index in [0.29, 0.717) is 0 Å². The maximum atomic E-state index is 6.41. The van der Waals surface area contributed by atoms with E-state index in [9.17, 15) is 0 Å². The Kier molecular flexibility index (Phi) is 11.8. The van der Waals surface area contributed by atoms with E-state index in [1.165, 1.54) is 38.4 Å². The molecular weight excluding hydrogens is 999 g/mol. The third-order valence-electron chi connectivity index (χ3n) is 15.1. The molecule has 1 saturated heterocycles. The lowest BCUT2D eigenvalue weighted by Gasteiger charge is -2.32. The van der Waals surface area contributed by atoms with Crippen molar-refractivity contribution in [3.8, 4) is 33.4 Å².